The maximum atomic E-state index is 12.4. The number of rotatable bonds is 4. The quantitative estimate of drug-likeness (QED) is 0.731. The first-order valence-corrected chi connectivity index (χ1v) is 9.52. The Labute approximate surface area is 149 Å². The number of H-pyrrole nitrogens is 1. The number of nitrogens with one attached hydrogen (secondary N) is 2. The van der Waals surface area contributed by atoms with E-state index >= 15 is 0 Å². The highest BCUT2D eigenvalue weighted by atomic mass is 35.5. The summed E-state index contributed by atoms with van der Waals surface area (Å²) in [4.78, 5) is 12.3. The van der Waals surface area contributed by atoms with Gasteiger partial charge < -0.3 is 5.32 Å². The number of carbonyl (C=O) groups is 1. The number of benzene rings is 2. The van der Waals surface area contributed by atoms with Crippen LogP contribution in [0.25, 0.3) is 11.3 Å². The minimum Gasteiger partial charge on any atom is -0.322 e. The molecule has 0 radical (unpaired) electrons. The van der Waals surface area contributed by atoms with E-state index in [1.807, 2.05) is 18.2 Å². The lowest BCUT2D eigenvalue weighted by Crippen LogP contribution is -2.13. The summed E-state index contributed by atoms with van der Waals surface area (Å²) in [7, 11) is -3.51. The maximum absolute atomic E-state index is 12.4. The van der Waals surface area contributed by atoms with Crippen molar-refractivity contribution in [2.24, 2.45) is 0 Å². The first kappa shape index (κ1) is 17.2. The van der Waals surface area contributed by atoms with Crippen molar-refractivity contribution < 1.29 is 13.2 Å². The highest BCUT2D eigenvalue weighted by Gasteiger charge is 2.16. The number of nitrogens with zero attached hydrogens (tertiary/aromatic N) is 1. The van der Waals surface area contributed by atoms with Gasteiger partial charge in [-0.25, -0.2) is 8.42 Å². The van der Waals surface area contributed by atoms with Crippen molar-refractivity contribution in [1.29, 1.82) is 0 Å². The van der Waals surface area contributed by atoms with Crippen molar-refractivity contribution in [3.8, 4) is 11.3 Å². The SMILES string of the molecule is CS(=O)(=O)c1cc(C(=O)Nc2ccc(-c3ccn[nH]3)cc2)ccc1Cl. The molecule has 3 rings (SSSR count). The van der Waals surface area contributed by atoms with E-state index in [0.717, 1.165) is 17.5 Å². The van der Waals surface area contributed by atoms with Gasteiger partial charge >= 0.3 is 0 Å². The number of aromatic amines is 1. The Bertz CT molecular complexity index is 1010. The number of carbonyl (C=O) groups excluding carboxylic acids is 1. The average Bonchev–Trinajstić information content (AvgIpc) is 3.09. The number of aromatic nitrogens is 2. The van der Waals surface area contributed by atoms with Crippen LogP contribution in [0.15, 0.2) is 59.6 Å². The number of hydrogen-bond acceptors (Lipinski definition) is 4. The average molecular weight is 376 g/mol. The molecule has 25 heavy (non-hydrogen) atoms. The largest absolute Gasteiger partial charge is 0.322 e. The highest BCUT2D eigenvalue weighted by molar-refractivity contribution is 7.90. The summed E-state index contributed by atoms with van der Waals surface area (Å²) in [5.41, 5.74) is 2.60. The monoisotopic (exact) mass is 375 g/mol. The van der Waals surface area contributed by atoms with Gasteiger partial charge in [-0.15, -0.1) is 0 Å². The molecule has 1 heterocycles. The molecule has 1 amide bonds. The van der Waals surface area contributed by atoms with Crippen LogP contribution in [0.2, 0.25) is 5.02 Å². The van der Waals surface area contributed by atoms with E-state index in [1.54, 1.807) is 18.3 Å². The predicted molar refractivity (Wildman–Crippen MR) is 96.5 cm³/mol. The molecule has 6 nitrogen and oxygen atoms in total. The third-order valence-electron chi connectivity index (χ3n) is 3.55. The van der Waals surface area contributed by atoms with Gasteiger partial charge in [0.25, 0.3) is 5.91 Å². The number of sulfone groups is 1. The van der Waals surface area contributed by atoms with Crippen molar-refractivity contribution in [2.45, 2.75) is 4.90 Å². The Morgan fingerprint density at radius 3 is 2.44 bits per heavy atom. The molecule has 2 aromatic carbocycles. The fourth-order valence-corrected chi connectivity index (χ4v) is 3.58. The molecule has 0 spiro atoms. The summed E-state index contributed by atoms with van der Waals surface area (Å²) in [6.07, 6.45) is 2.70. The minimum absolute atomic E-state index is 0.0728. The fraction of sp³-hybridized carbons (Fsp3) is 0.0588. The molecule has 0 aliphatic carbocycles. The second-order valence-electron chi connectivity index (χ2n) is 5.42. The molecule has 0 atom stereocenters. The number of hydrogen-bond donors (Lipinski definition) is 2. The minimum atomic E-state index is -3.51. The van der Waals surface area contributed by atoms with Crippen LogP contribution < -0.4 is 5.32 Å². The first-order chi connectivity index (χ1) is 11.8. The summed E-state index contributed by atoms with van der Waals surface area (Å²) in [6.45, 7) is 0. The van der Waals surface area contributed by atoms with E-state index in [2.05, 4.69) is 15.5 Å². The first-order valence-electron chi connectivity index (χ1n) is 7.25. The Morgan fingerprint density at radius 2 is 1.84 bits per heavy atom. The van der Waals surface area contributed by atoms with Gasteiger partial charge in [0.1, 0.15) is 0 Å². The van der Waals surface area contributed by atoms with Crippen LogP contribution in [0.5, 0.6) is 0 Å². The van der Waals surface area contributed by atoms with Crippen LogP contribution in [0, 0.1) is 0 Å². The summed E-state index contributed by atoms with van der Waals surface area (Å²) in [5.74, 6) is -0.421. The second-order valence-corrected chi connectivity index (χ2v) is 7.81. The van der Waals surface area contributed by atoms with Crippen molar-refractivity contribution in [3.05, 3.63) is 65.3 Å². The molecule has 0 fully saturated rings. The summed E-state index contributed by atoms with van der Waals surface area (Å²) in [6, 6.07) is 13.2. The van der Waals surface area contributed by atoms with E-state index in [-0.39, 0.29) is 15.5 Å². The molecule has 8 heteroatoms. The van der Waals surface area contributed by atoms with Gasteiger partial charge in [-0.05, 0) is 42.0 Å². The Morgan fingerprint density at radius 1 is 1.12 bits per heavy atom. The van der Waals surface area contributed by atoms with Gasteiger partial charge in [0.05, 0.1) is 15.6 Å². The normalized spacial score (nSPS) is 11.3. The van der Waals surface area contributed by atoms with Crippen LogP contribution >= 0.6 is 11.6 Å². The zero-order chi connectivity index (χ0) is 18.0. The van der Waals surface area contributed by atoms with Crippen LogP contribution in [0.1, 0.15) is 10.4 Å². The van der Waals surface area contributed by atoms with Crippen molar-refractivity contribution in [2.75, 3.05) is 11.6 Å². The standard InChI is InChI=1S/C17H14ClN3O3S/c1-25(23,24)16-10-12(4-7-14(16)18)17(22)20-13-5-2-11(3-6-13)15-8-9-19-21-15/h2-10H,1H3,(H,19,21)(H,20,22). The lowest BCUT2D eigenvalue weighted by atomic mass is 10.1. The van der Waals surface area contributed by atoms with Crippen LogP contribution in [-0.4, -0.2) is 30.8 Å². The molecule has 0 aliphatic rings. The topological polar surface area (TPSA) is 91.9 Å². The zero-order valence-electron chi connectivity index (χ0n) is 13.2. The molecule has 2 N–H and O–H groups in total. The van der Waals surface area contributed by atoms with E-state index in [0.29, 0.717) is 5.69 Å². The third kappa shape index (κ3) is 3.89. The highest BCUT2D eigenvalue weighted by Crippen LogP contribution is 2.24. The number of amides is 1. The van der Waals surface area contributed by atoms with Gasteiger partial charge in [0.2, 0.25) is 0 Å². The molecular formula is C17H14ClN3O3S. The molecular weight excluding hydrogens is 362 g/mol. The molecule has 1 aromatic heterocycles. The van der Waals surface area contributed by atoms with Crippen LogP contribution in [-0.2, 0) is 9.84 Å². The van der Waals surface area contributed by atoms with Crippen molar-refractivity contribution in [3.63, 3.8) is 0 Å². The lowest BCUT2D eigenvalue weighted by molar-refractivity contribution is 0.102. The van der Waals surface area contributed by atoms with E-state index in [1.165, 1.54) is 18.2 Å². The van der Waals surface area contributed by atoms with Crippen LogP contribution in [0.3, 0.4) is 0 Å². The van der Waals surface area contributed by atoms with Gasteiger partial charge in [0.15, 0.2) is 9.84 Å². The van der Waals surface area contributed by atoms with Crippen molar-refractivity contribution >= 4 is 33.0 Å². The molecule has 128 valence electrons. The molecule has 3 aromatic rings. The smallest absolute Gasteiger partial charge is 0.255 e. The van der Waals surface area contributed by atoms with Gasteiger partial charge in [-0.3, -0.25) is 9.89 Å². The molecule has 0 unspecified atom stereocenters. The Balaban J connectivity index is 1.81. The van der Waals surface area contributed by atoms with Gasteiger partial charge in [-0.2, -0.15) is 5.10 Å². The van der Waals surface area contributed by atoms with Gasteiger partial charge in [0, 0.05) is 23.7 Å². The van der Waals surface area contributed by atoms with Crippen LogP contribution in [0.4, 0.5) is 5.69 Å². The number of halogens is 1. The fourth-order valence-electron chi connectivity index (χ4n) is 2.28. The molecule has 0 saturated heterocycles. The number of anilines is 1. The van der Waals surface area contributed by atoms with Gasteiger partial charge in [-0.1, -0.05) is 23.7 Å². The van der Waals surface area contributed by atoms with E-state index < -0.39 is 15.7 Å². The predicted octanol–water partition coefficient (Wildman–Crippen LogP) is 3.39. The Hall–Kier alpha value is -2.64. The second kappa shape index (κ2) is 6.70. The Kier molecular flexibility index (Phi) is 4.61. The zero-order valence-corrected chi connectivity index (χ0v) is 14.7. The van der Waals surface area contributed by atoms with E-state index in [9.17, 15) is 13.2 Å². The summed E-state index contributed by atoms with van der Waals surface area (Å²) in [5, 5.41) is 9.56. The molecule has 0 saturated carbocycles. The molecule has 0 bridgehead atoms. The van der Waals surface area contributed by atoms with E-state index in [4.69, 9.17) is 11.6 Å². The van der Waals surface area contributed by atoms with Crippen molar-refractivity contribution in [1.82, 2.24) is 10.2 Å². The maximum Gasteiger partial charge on any atom is 0.255 e. The lowest BCUT2D eigenvalue weighted by Gasteiger charge is -2.08. The third-order valence-corrected chi connectivity index (χ3v) is 5.13. The summed E-state index contributed by atoms with van der Waals surface area (Å²) >= 11 is 5.89. The summed E-state index contributed by atoms with van der Waals surface area (Å²) < 4.78 is 23.4. The molecule has 0 aliphatic heterocycles.